The Hall–Kier alpha value is -2.37. The number of nitro benzene ring substituents is 1. The smallest absolute Gasteiger partial charge is 0.270 e. The van der Waals surface area contributed by atoms with Crippen LogP contribution in [0.15, 0.2) is 30.5 Å². The molecular weight excluding hydrogens is 236 g/mol. The molecule has 0 atom stereocenters. The zero-order valence-corrected chi connectivity index (χ0v) is 10.4. The van der Waals surface area contributed by atoms with E-state index in [9.17, 15) is 14.9 Å². The van der Waals surface area contributed by atoms with Crippen molar-refractivity contribution in [3.8, 4) is 5.75 Å². The van der Waals surface area contributed by atoms with E-state index >= 15 is 0 Å². The summed E-state index contributed by atoms with van der Waals surface area (Å²) >= 11 is 0. The summed E-state index contributed by atoms with van der Waals surface area (Å²) in [5, 5.41) is 10.7. The Kier molecular flexibility index (Phi) is 4.42. The normalized spacial score (nSPS) is 10.4. The van der Waals surface area contributed by atoms with Crippen LogP contribution in [-0.2, 0) is 0 Å². The van der Waals surface area contributed by atoms with Gasteiger partial charge in [-0.1, -0.05) is 0 Å². The van der Waals surface area contributed by atoms with E-state index in [1.807, 2.05) is 0 Å². The summed E-state index contributed by atoms with van der Waals surface area (Å²) < 4.78 is 5.02. The van der Waals surface area contributed by atoms with E-state index in [0.717, 1.165) is 0 Å². The maximum atomic E-state index is 11.9. The number of hydrogen-bond acceptors (Lipinski definition) is 5. The molecule has 0 aromatic heterocycles. The highest BCUT2D eigenvalue weighted by molar-refractivity contribution is 6.06. The summed E-state index contributed by atoms with van der Waals surface area (Å²) in [4.78, 5) is 23.7. The number of non-ortho nitro benzene ring substituents is 1. The number of carbonyl (C=O) groups excluding carboxylic acids is 1. The van der Waals surface area contributed by atoms with Crippen molar-refractivity contribution in [2.75, 3.05) is 21.2 Å². The highest BCUT2D eigenvalue weighted by Crippen LogP contribution is 2.24. The van der Waals surface area contributed by atoms with Gasteiger partial charge in [-0.05, 0) is 6.07 Å². The minimum atomic E-state index is -0.550. The monoisotopic (exact) mass is 250 g/mol. The lowest BCUT2D eigenvalue weighted by atomic mass is 10.1. The van der Waals surface area contributed by atoms with Crippen LogP contribution >= 0.6 is 0 Å². The van der Waals surface area contributed by atoms with Crippen LogP contribution in [0.5, 0.6) is 5.75 Å². The van der Waals surface area contributed by atoms with Gasteiger partial charge in [0.1, 0.15) is 5.75 Å². The first kappa shape index (κ1) is 13.7. The number of nitrogens with zero attached hydrogens (tertiary/aromatic N) is 2. The highest BCUT2D eigenvalue weighted by atomic mass is 16.6. The average molecular weight is 250 g/mol. The Morgan fingerprint density at radius 1 is 1.44 bits per heavy atom. The molecule has 0 N–H and O–H groups in total. The molecule has 6 nitrogen and oxygen atoms in total. The minimum absolute atomic E-state index is 0.141. The predicted molar refractivity (Wildman–Crippen MR) is 66.8 cm³/mol. The van der Waals surface area contributed by atoms with Crippen molar-refractivity contribution in [2.45, 2.75) is 0 Å². The van der Waals surface area contributed by atoms with E-state index in [0.29, 0.717) is 5.75 Å². The van der Waals surface area contributed by atoms with Gasteiger partial charge in [-0.2, -0.15) is 0 Å². The molecule has 0 amide bonds. The van der Waals surface area contributed by atoms with Gasteiger partial charge in [0, 0.05) is 38.5 Å². The molecule has 1 aromatic carbocycles. The van der Waals surface area contributed by atoms with Gasteiger partial charge in [-0.3, -0.25) is 14.9 Å². The van der Waals surface area contributed by atoms with Gasteiger partial charge in [0.2, 0.25) is 0 Å². The van der Waals surface area contributed by atoms with Crippen molar-refractivity contribution in [3.05, 3.63) is 46.2 Å². The van der Waals surface area contributed by atoms with E-state index in [4.69, 9.17) is 4.74 Å². The minimum Gasteiger partial charge on any atom is -0.496 e. The second-order valence-electron chi connectivity index (χ2n) is 3.79. The lowest BCUT2D eigenvalue weighted by molar-refractivity contribution is -0.384. The molecule has 1 aromatic rings. The summed E-state index contributed by atoms with van der Waals surface area (Å²) in [6.07, 6.45) is 2.90. The summed E-state index contributed by atoms with van der Waals surface area (Å²) in [6.45, 7) is 0. The Morgan fingerprint density at radius 3 is 2.61 bits per heavy atom. The molecule has 0 aliphatic carbocycles. The van der Waals surface area contributed by atoms with E-state index in [1.54, 1.807) is 25.2 Å². The number of carbonyl (C=O) groups is 1. The maximum absolute atomic E-state index is 11.9. The zero-order valence-electron chi connectivity index (χ0n) is 10.4. The summed E-state index contributed by atoms with van der Waals surface area (Å²) in [5.74, 6) is -0.0294. The molecule has 0 aliphatic rings. The van der Waals surface area contributed by atoms with Gasteiger partial charge in [-0.15, -0.1) is 0 Å². The Labute approximate surface area is 105 Å². The molecule has 6 heteroatoms. The summed E-state index contributed by atoms with van der Waals surface area (Å²) in [6, 6.07) is 3.92. The fourth-order valence-corrected chi connectivity index (χ4v) is 1.31. The van der Waals surface area contributed by atoms with E-state index in [-0.39, 0.29) is 17.0 Å². The van der Waals surface area contributed by atoms with Crippen molar-refractivity contribution < 1.29 is 14.5 Å². The van der Waals surface area contributed by atoms with Crippen molar-refractivity contribution >= 4 is 11.5 Å². The number of hydrogen-bond donors (Lipinski definition) is 0. The topological polar surface area (TPSA) is 72.7 Å². The first-order chi connectivity index (χ1) is 8.45. The first-order valence-electron chi connectivity index (χ1n) is 5.17. The van der Waals surface area contributed by atoms with Gasteiger partial charge >= 0.3 is 0 Å². The molecule has 0 fully saturated rings. The fourth-order valence-electron chi connectivity index (χ4n) is 1.31. The number of allylic oxidation sites excluding steroid dienone is 1. The van der Waals surface area contributed by atoms with Crippen molar-refractivity contribution in [1.82, 2.24) is 4.90 Å². The maximum Gasteiger partial charge on any atom is 0.270 e. The third-order valence-electron chi connectivity index (χ3n) is 2.18. The van der Waals surface area contributed by atoms with Crippen molar-refractivity contribution in [3.63, 3.8) is 0 Å². The standard InChI is InChI=1S/C12H14N2O4/c1-13(2)7-6-11(15)10-8-9(14(16)17)4-5-12(10)18-3/h4-8H,1-3H3/b7-6+. The number of methoxy groups -OCH3 is 1. The molecular formula is C12H14N2O4. The molecule has 0 saturated carbocycles. The quantitative estimate of drug-likeness (QED) is 0.345. The highest BCUT2D eigenvalue weighted by Gasteiger charge is 2.15. The van der Waals surface area contributed by atoms with Crippen molar-refractivity contribution in [2.24, 2.45) is 0 Å². The molecule has 0 spiro atoms. The van der Waals surface area contributed by atoms with Gasteiger partial charge in [0.25, 0.3) is 5.69 Å². The second-order valence-corrected chi connectivity index (χ2v) is 3.79. The molecule has 1 rings (SSSR count). The van der Waals surface area contributed by atoms with E-state index < -0.39 is 4.92 Å². The van der Waals surface area contributed by atoms with Crippen LogP contribution < -0.4 is 4.74 Å². The summed E-state index contributed by atoms with van der Waals surface area (Å²) in [5.41, 5.74) is 0.0298. The third-order valence-corrected chi connectivity index (χ3v) is 2.18. The molecule has 18 heavy (non-hydrogen) atoms. The largest absolute Gasteiger partial charge is 0.496 e. The van der Waals surface area contributed by atoms with Crippen LogP contribution in [0.3, 0.4) is 0 Å². The van der Waals surface area contributed by atoms with Crippen LogP contribution in [0.25, 0.3) is 0 Å². The number of rotatable bonds is 5. The van der Waals surface area contributed by atoms with E-state index in [1.165, 1.54) is 31.4 Å². The summed E-state index contributed by atoms with van der Waals surface area (Å²) in [7, 11) is 4.95. The van der Waals surface area contributed by atoms with Crippen molar-refractivity contribution in [1.29, 1.82) is 0 Å². The fraction of sp³-hybridized carbons (Fsp3) is 0.250. The number of ketones is 1. The van der Waals surface area contributed by atoms with Crippen LogP contribution in [0.1, 0.15) is 10.4 Å². The average Bonchev–Trinajstić information content (AvgIpc) is 2.34. The molecule has 0 unspecified atom stereocenters. The third kappa shape index (κ3) is 3.31. The first-order valence-corrected chi connectivity index (χ1v) is 5.17. The van der Waals surface area contributed by atoms with Crippen LogP contribution in [-0.4, -0.2) is 36.8 Å². The van der Waals surface area contributed by atoms with Crippen LogP contribution in [0.4, 0.5) is 5.69 Å². The Morgan fingerprint density at radius 2 is 2.11 bits per heavy atom. The van der Waals surface area contributed by atoms with Gasteiger partial charge in [-0.25, -0.2) is 0 Å². The SMILES string of the molecule is COc1ccc([N+](=O)[O-])cc1C(=O)/C=C/N(C)C. The lowest BCUT2D eigenvalue weighted by Gasteiger charge is -2.06. The van der Waals surface area contributed by atoms with Gasteiger partial charge in [0.05, 0.1) is 17.6 Å². The molecule has 96 valence electrons. The van der Waals surface area contributed by atoms with Gasteiger partial charge < -0.3 is 9.64 Å². The van der Waals surface area contributed by atoms with E-state index in [2.05, 4.69) is 0 Å². The zero-order chi connectivity index (χ0) is 13.7. The number of benzene rings is 1. The lowest BCUT2D eigenvalue weighted by Crippen LogP contribution is -2.05. The molecule has 0 radical (unpaired) electrons. The number of nitro groups is 1. The number of ether oxygens (including phenoxy) is 1. The molecule has 0 bridgehead atoms. The second kappa shape index (κ2) is 5.81. The molecule has 0 heterocycles. The molecule has 0 saturated heterocycles. The Balaban J connectivity index is 3.15. The van der Waals surface area contributed by atoms with Crippen LogP contribution in [0, 0.1) is 10.1 Å². The van der Waals surface area contributed by atoms with Crippen LogP contribution in [0.2, 0.25) is 0 Å². The Bertz CT molecular complexity index is 495. The predicted octanol–water partition coefficient (Wildman–Crippen LogP) is 1.86. The molecule has 0 aliphatic heterocycles. The van der Waals surface area contributed by atoms with Gasteiger partial charge in [0.15, 0.2) is 5.78 Å².